The molecule has 3 N–H and O–H groups in total. The molecule has 0 amide bonds. The molecule has 118 valence electrons. The summed E-state index contributed by atoms with van der Waals surface area (Å²) in [5.41, 5.74) is 0. The van der Waals surface area contributed by atoms with Crippen LogP contribution in [0.4, 0.5) is 11.9 Å². The zero-order valence-electron chi connectivity index (χ0n) is 12.8. The van der Waals surface area contributed by atoms with E-state index < -0.39 is 0 Å². The minimum atomic E-state index is 0.196. The Morgan fingerprint density at radius 1 is 1.19 bits per heavy atom. The zero-order chi connectivity index (χ0) is 15.1. The van der Waals surface area contributed by atoms with Crippen molar-refractivity contribution in [3.63, 3.8) is 0 Å². The second-order valence-corrected chi connectivity index (χ2v) is 5.27. The van der Waals surface area contributed by atoms with Crippen LogP contribution in [0.3, 0.4) is 0 Å². The van der Waals surface area contributed by atoms with Crippen molar-refractivity contribution >= 4 is 11.9 Å². The first-order chi connectivity index (χ1) is 10.3. The molecule has 0 bridgehead atoms. The maximum absolute atomic E-state index is 9.39. The van der Waals surface area contributed by atoms with Crippen LogP contribution in [-0.4, -0.2) is 45.9 Å². The number of hydrogen-bond acceptors (Lipinski definition) is 7. The van der Waals surface area contributed by atoms with E-state index in [4.69, 9.17) is 4.74 Å². The van der Waals surface area contributed by atoms with Crippen molar-refractivity contribution in [3.05, 3.63) is 0 Å². The van der Waals surface area contributed by atoms with Crippen molar-refractivity contribution in [3.8, 4) is 6.01 Å². The predicted molar refractivity (Wildman–Crippen MR) is 81.6 cm³/mol. The number of aromatic nitrogens is 3. The van der Waals surface area contributed by atoms with Crippen LogP contribution in [0.25, 0.3) is 0 Å². The molecule has 0 aliphatic heterocycles. The Bertz CT molecular complexity index is 443. The van der Waals surface area contributed by atoms with Gasteiger partial charge >= 0.3 is 6.01 Å². The molecule has 2 rings (SSSR count). The Morgan fingerprint density at radius 3 is 2.71 bits per heavy atom. The molecule has 1 saturated carbocycles. The smallest absolute Gasteiger partial charge is 0.323 e. The third-order valence-electron chi connectivity index (χ3n) is 3.59. The van der Waals surface area contributed by atoms with E-state index in [1.165, 1.54) is 0 Å². The molecular formula is C14H25N5O2. The molecule has 0 saturated heterocycles. The van der Waals surface area contributed by atoms with Gasteiger partial charge < -0.3 is 20.5 Å². The lowest BCUT2D eigenvalue weighted by molar-refractivity contribution is 0.222. The van der Waals surface area contributed by atoms with Crippen LogP contribution in [0.15, 0.2) is 0 Å². The molecule has 2 atom stereocenters. The Morgan fingerprint density at radius 2 is 2.00 bits per heavy atom. The van der Waals surface area contributed by atoms with Gasteiger partial charge in [0.2, 0.25) is 11.9 Å². The van der Waals surface area contributed by atoms with Crippen molar-refractivity contribution in [2.24, 2.45) is 5.92 Å². The van der Waals surface area contributed by atoms with Crippen LogP contribution in [0.5, 0.6) is 6.01 Å². The number of aliphatic hydroxyl groups excluding tert-OH is 1. The third kappa shape index (κ3) is 4.42. The molecule has 0 aromatic carbocycles. The molecule has 7 heteroatoms. The van der Waals surface area contributed by atoms with Crippen molar-refractivity contribution in [1.82, 2.24) is 15.0 Å². The lowest BCUT2D eigenvalue weighted by Gasteiger charge is -2.19. The highest BCUT2D eigenvalue weighted by molar-refractivity contribution is 5.36. The molecule has 1 aliphatic carbocycles. The summed E-state index contributed by atoms with van der Waals surface area (Å²) in [7, 11) is 0. The second-order valence-electron chi connectivity index (χ2n) is 5.27. The van der Waals surface area contributed by atoms with E-state index in [0.29, 0.717) is 24.5 Å². The summed E-state index contributed by atoms with van der Waals surface area (Å²) in [5, 5.41) is 15.8. The summed E-state index contributed by atoms with van der Waals surface area (Å²) in [4.78, 5) is 12.9. The second kappa shape index (κ2) is 7.97. The summed E-state index contributed by atoms with van der Waals surface area (Å²) >= 11 is 0. The summed E-state index contributed by atoms with van der Waals surface area (Å²) in [6, 6.07) is 0.551. The van der Waals surface area contributed by atoms with E-state index in [0.717, 1.165) is 32.2 Å². The van der Waals surface area contributed by atoms with Crippen molar-refractivity contribution < 1.29 is 9.84 Å². The molecule has 2 unspecified atom stereocenters. The maximum Gasteiger partial charge on any atom is 0.323 e. The molecule has 0 radical (unpaired) electrons. The lowest BCUT2D eigenvalue weighted by atomic mass is 10.1. The fourth-order valence-electron chi connectivity index (χ4n) is 2.53. The number of hydrogen-bond donors (Lipinski definition) is 3. The predicted octanol–water partition coefficient (Wildman–Crippen LogP) is 1.67. The van der Waals surface area contributed by atoms with E-state index in [-0.39, 0.29) is 18.6 Å². The van der Waals surface area contributed by atoms with Gasteiger partial charge in [-0.3, -0.25) is 0 Å². The van der Waals surface area contributed by atoms with Crippen LogP contribution in [0, 0.1) is 5.92 Å². The van der Waals surface area contributed by atoms with Gasteiger partial charge in [-0.05, 0) is 26.2 Å². The minimum absolute atomic E-state index is 0.196. The SMILES string of the molecule is CCCOc1nc(NCC)nc(NC2CCCC2CO)n1. The Labute approximate surface area is 125 Å². The first kappa shape index (κ1) is 15.8. The van der Waals surface area contributed by atoms with E-state index in [1.807, 2.05) is 13.8 Å². The van der Waals surface area contributed by atoms with Gasteiger partial charge in [0, 0.05) is 25.1 Å². The van der Waals surface area contributed by atoms with Gasteiger partial charge in [-0.1, -0.05) is 13.3 Å². The average Bonchev–Trinajstić information content (AvgIpc) is 2.92. The largest absolute Gasteiger partial charge is 0.463 e. The average molecular weight is 295 g/mol. The van der Waals surface area contributed by atoms with E-state index >= 15 is 0 Å². The number of ether oxygens (including phenoxy) is 1. The normalized spacial score (nSPS) is 21.3. The summed E-state index contributed by atoms with van der Waals surface area (Å²) in [6.07, 6.45) is 4.09. The minimum Gasteiger partial charge on any atom is -0.463 e. The summed E-state index contributed by atoms with van der Waals surface area (Å²) in [6.45, 7) is 5.54. The highest BCUT2D eigenvalue weighted by atomic mass is 16.5. The maximum atomic E-state index is 9.39. The fourth-order valence-corrected chi connectivity index (χ4v) is 2.53. The van der Waals surface area contributed by atoms with E-state index in [9.17, 15) is 5.11 Å². The standard InChI is InChI=1S/C14H25N5O2/c1-3-8-21-14-18-12(15-4-2)17-13(19-14)16-11-7-5-6-10(11)9-20/h10-11,20H,3-9H2,1-2H3,(H2,15,16,17,18,19). The van der Waals surface area contributed by atoms with Crippen LogP contribution < -0.4 is 15.4 Å². The molecule has 21 heavy (non-hydrogen) atoms. The molecule has 1 fully saturated rings. The van der Waals surface area contributed by atoms with Gasteiger partial charge in [0.15, 0.2) is 0 Å². The number of nitrogens with zero attached hydrogens (tertiary/aromatic N) is 3. The molecule has 1 heterocycles. The number of nitrogens with one attached hydrogen (secondary N) is 2. The number of anilines is 2. The van der Waals surface area contributed by atoms with Crippen LogP contribution in [0.2, 0.25) is 0 Å². The van der Waals surface area contributed by atoms with Gasteiger partial charge in [0.25, 0.3) is 0 Å². The van der Waals surface area contributed by atoms with E-state index in [1.54, 1.807) is 0 Å². The van der Waals surface area contributed by atoms with Crippen molar-refractivity contribution in [2.45, 2.75) is 45.6 Å². The van der Waals surface area contributed by atoms with Crippen molar-refractivity contribution in [1.29, 1.82) is 0 Å². The van der Waals surface area contributed by atoms with Gasteiger partial charge in [-0.25, -0.2) is 0 Å². The van der Waals surface area contributed by atoms with Gasteiger partial charge in [0.05, 0.1) is 6.61 Å². The quantitative estimate of drug-likeness (QED) is 0.671. The van der Waals surface area contributed by atoms with Gasteiger partial charge in [-0.15, -0.1) is 0 Å². The lowest BCUT2D eigenvalue weighted by Crippen LogP contribution is -2.27. The molecule has 1 aliphatic rings. The molecular weight excluding hydrogens is 270 g/mol. The molecule has 0 spiro atoms. The Kier molecular flexibility index (Phi) is 5.98. The van der Waals surface area contributed by atoms with Crippen molar-refractivity contribution in [2.75, 3.05) is 30.4 Å². The topological polar surface area (TPSA) is 92.2 Å². The Balaban J connectivity index is 2.10. The van der Waals surface area contributed by atoms with Gasteiger partial charge in [-0.2, -0.15) is 15.0 Å². The van der Waals surface area contributed by atoms with Crippen LogP contribution in [-0.2, 0) is 0 Å². The number of aliphatic hydroxyl groups is 1. The first-order valence-electron chi connectivity index (χ1n) is 7.77. The van der Waals surface area contributed by atoms with Crippen LogP contribution >= 0.6 is 0 Å². The Hall–Kier alpha value is -1.63. The van der Waals surface area contributed by atoms with E-state index in [2.05, 4.69) is 25.6 Å². The summed E-state index contributed by atoms with van der Waals surface area (Å²) in [5.74, 6) is 1.29. The third-order valence-corrected chi connectivity index (χ3v) is 3.59. The first-order valence-corrected chi connectivity index (χ1v) is 7.77. The fraction of sp³-hybridized carbons (Fsp3) is 0.786. The molecule has 7 nitrogen and oxygen atoms in total. The highest BCUT2D eigenvalue weighted by Crippen LogP contribution is 2.27. The molecule has 1 aromatic rings. The number of rotatable bonds is 8. The van der Waals surface area contributed by atoms with Gasteiger partial charge in [0.1, 0.15) is 0 Å². The van der Waals surface area contributed by atoms with Crippen LogP contribution in [0.1, 0.15) is 39.5 Å². The zero-order valence-corrected chi connectivity index (χ0v) is 12.8. The monoisotopic (exact) mass is 295 g/mol. The molecule has 1 aromatic heterocycles. The summed E-state index contributed by atoms with van der Waals surface area (Å²) < 4.78 is 5.51. The highest BCUT2D eigenvalue weighted by Gasteiger charge is 2.27.